The molecule has 0 N–H and O–H groups in total. The molecule has 1 saturated carbocycles. The Morgan fingerprint density at radius 3 is 2.60 bits per heavy atom. The lowest BCUT2D eigenvalue weighted by atomic mass is 9.75. The van der Waals surface area contributed by atoms with Crippen LogP contribution in [0.4, 0.5) is 5.69 Å². The second kappa shape index (κ2) is 8.45. The van der Waals surface area contributed by atoms with E-state index in [0.717, 1.165) is 12.8 Å². The summed E-state index contributed by atoms with van der Waals surface area (Å²) < 4.78 is 5.86. The van der Waals surface area contributed by atoms with Crippen molar-refractivity contribution in [2.24, 2.45) is 23.7 Å². The molecule has 1 unspecified atom stereocenters. The molecule has 0 amide bonds. The van der Waals surface area contributed by atoms with Crippen molar-refractivity contribution in [3.05, 3.63) is 39.9 Å². The number of hydrogen-bond donors (Lipinski definition) is 0. The van der Waals surface area contributed by atoms with E-state index in [4.69, 9.17) is 4.74 Å². The number of nitro benzene ring substituents is 1. The largest absolute Gasteiger partial charge is 0.462 e. The topological polar surface area (TPSA) is 69.4 Å². The van der Waals surface area contributed by atoms with Crippen molar-refractivity contribution in [3.63, 3.8) is 0 Å². The zero-order valence-corrected chi connectivity index (χ0v) is 15.6. The highest BCUT2D eigenvalue weighted by molar-refractivity contribution is 5.73. The number of ether oxygens (including phenoxy) is 1. The van der Waals surface area contributed by atoms with Crippen LogP contribution in [0.15, 0.2) is 24.3 Å². The first-order valence-corrected chi connectivity index (χ1v) is 9.22. The average molecular weight is 347 g/mol. The maximum Gasteiger partial charge on any atom is 0.309 e. The fourth-order valence-electron chi connectivity index (χ4n) is 3.79. The van der Waals surface area contributed by atoms with Gasteiger partial charge in [0.2, 0.25) is 0 Å². The van der Waals surface area contributed by atoms with E-state index in [1.807, 2.05) is 0 Å². The van der Waals surface area contributed by atoms with Crippen LogP contribution in [0.5, 0.6) is 0 Å². The fraction of sp³-hybridized carbons (Fsp3) is 0.650. The molecule has 5 nitrogen and oxygen atoms in total. The van der Waals surface area contributed by atoms with Crippen LogP contribution in [-0.2, 0) is 16.0 Å². The summed E-state index contributed by atoms with van der Waals surface area (Å²) >= 11 is 0. The molecule has 2 rings (SSSR count). The Hall–Kier alpha value is -1.91. The summed E-state index contributed by atoms with van der Waals surface area (Å²) in [6.07, 6.45) is 3.47. The van der Waals surface area contributed by atoms with Crippen LogP contribution in [0, 0.1) is 33.8 Å². The van der Waals surface area contributed by atoms with Crippen molar-refractivity contribution < 1.29 is 14.5 Å². The van der Waals surface area contributed by atoms with Crippen molar-refractivity contribution in [2.75, 3.05) is 0 Å². The summed E-state index contributed by atoms with van der Waals surface area (Å²) in [7, 11) is 0. The molecule has 1 aromatic rings. The van der Waals surface area contributed by atoms with Gasteiger partial charge in [-0.3, -0.25) is 14.9 Å². The third kappa shape index (κ3) is 5.03. The quantitative estimate of drug-likeness (QED) is 0.422. The minimum atomic E-state index is -0.398. The first-order chi connectivity index (χ1) is 11.8. The van der Waals surface area contributed by atoms with Gasteiger partial charge >= 0.3 is 5.97 Å². The molecule has 4 atom stereocenters. The number of carbonyl (C=O) groups is 1. The minimum absolute atomic E-state index is 0.0375. The Balaban J connectivity index is 2.03. The van der Waals surface area contributed by atoms with Crippen LogP contribution in [0.3, 0.4) is 0 Å². The van der Waals surface area contributed by atoms with Crippen molar-refractivity contribution in [1.82, 2.24) is 0 Å². The molecule has 0 bridgehead atoms. The Labute approximate surface area is 149 Å². The number of esters is 1. The average Bonchev–Trinajstić information content (AvgIpc) is 2.54. The summed E-state index contributed by atoms with van der Waals surface area (Å²) in [6.45, 7) is 8.35. The summed E-state index contributed by atoms with van der Waals surface area (Å²) in [4.78, 5) is 23.3. The fourth-order valence-corrected chi connectivity index (χ4v) is 3.79. The molecule has 1 fully saturated rings. The summed E-state index contributed by atoms with van der Waals surface area (Å²) in [6, 6.07) is 6.59. The molecular weight excluding hydrogens is 318 g/mol. The third-order valence-corrected chi connectivity index (χ3v) is 5.35. The molecule has 0 spiro atoms. The van der Waals surface area contributed by atoms with Crippen molar-refractivity contribution >= 4 is 11.7 Å². The van der Waals surface area contributed by atoms with Gasteiger partial charge in [0.15, 0.2) is 0 Å². The zero-order chi connectivity index (χ0) is 18.6. The van der Waals surface area contributed by atoms with Crippen molar-refractivity contribution in [3.8, 4) is 0 Å². The van der Waals surface area contributed by atoms with Gasteiger partial charge in [0.1, 0.15) is 6.10 Å². The molecule has 0 aromatic heterocycles. The van der Waals surface area contributed by atoms with Gasteiger partial charge in [-0.05, 0) is 37.0 Å². The smallest absolute Gasteiger partial charge is 0.309 e. The first kappa shape index (κ1) is 19.4. The number of carbonyl (C=O) groups excluding carboxylic acids is 1. The molecule has 138 valence electrons. The highest BCUT2D eigenvalue weighted by Gasteiger charge is 2.34. The van der Waals surface area contributed by atoms with Crippen LogP contribution in [-0.4, -0.2) is 17.0 Å². The van der Waals surface area contributed by atoms with Crippen LogP contribution < -0.4 is 0 Å². The Morgan fingerprint density at radius 1 is 1.28 bits per heavy atom. The molecule has 25 heavy (non-hydrogen) atoms. The molecule has 1 aliphatic rings. The van der Waals surface area contributed by atoms with Gasteiger partial charge in [-0.15, -0.1) is 0 Å². The number of hydrogen-bond acceptors (Lipinski definition) is 4. The molecule has 5 heteroatoms. The summed E-state index contributed by atoms with van der Waals surface area (Å²) in [5, 5.41) is 11.1. The number of rotatable bonds is 6. The number of nitro groups is 1. The second-order valence-electron chi connectivity index (χ2n) is 7.79. The molecule has 0 radical (unpaired) electrons. The van der Waals surface area contributed by atoms with E-state index in [1.165, 1.54) is 12.5 Å². The van der Waals surface area contributed by atoms with Crippen LogP contribution >= 0.6 is 0 Å². The van der Waals surface area contributed by atoms with Gasteiger partial charge in [-0.25, -0.2) is 0 Å². The maximum atomic E-state index is 12.6. The van der Waals surface area contributed by atoms with Gasteiger partial charge in [0, 0.05) is 11.6 Å². The molecule has 1 aliphatic carbocycles. The zero-order valence-electron chi connectivity index (χ0n) is 15.6. The Bertz CT molecular complexity index is 613. The lowest BCUT2D eigenvalue weighted by Gasteiger charge is -2.37. The predicted octanol–water partition coefficient (Wildman–Crippen LogP) is 4.78. The predicted molar refractivity (Wildman–Crippen MR) is 97.2 cm³/mol. The van der Waals surface area contributed by atoms with E-state index in [-0.39, 0.29) is 17.8 Å². The highest BCUT2D eigenvalue weighted by Crippen LogP contribution is 2.36. The standard InChI is InChI=1S/C20H29NO4/c1-13(2)17-10-9-14(3)11-19(17)25-20(22)15(4)12-16-7-5-6-8-18(16)21(23)24/h5-8,13-15,17,19H,9-12H2,1-4H3/t14-,15-,17+,19?/m0/s1. The SMILES string of the molecule is CC(C)[C@H]1CC[C@H](C)CC1OC(=O)[C@@H](C)Cc1ccccc1[N+](=O)[O-]. The number of benzene rings is 1. The van der Waals surface area contributed by atoms with Gasteiger partial charge in [0.05, 0.1) is 10.8 Å². The maximum absolute atomic E-state index is 12.6. The van der Waals surface area contributed by atoms with Gasteiger partial charge < -0.3 is 4.74 Å². The highest BCUT2D eigenvalue weighted by atomic mass is 16.6. The number of para-hydroxylation sites is 1. The Morgan fingerprint density at radius 2 is 1.96 bits per heavy atom. The summed E-state index contributed by atoms with van der Waals surface area (Å²) in [5.74, 6) is 0.807. The van der Waals surface area contributed by atoms with Crippen LogP contribution in [0.2, 0.25) is 0 Å². The first-order valence-electron chi connectivity index (χ1n) is 9.22. The van der Waals surface area contributed by atoms with Crippen molar-refractivity contribution in [1.29, 1.82) is 0 Å². The third-order valence-electron chi connectivity index (χ3n) is 5.35. The van der Waals surface area contributed by atoms with E-state index in [1.54, 1.807) is 25.1 Å². The second-order valence-corrected chi connectivity index (χ2v) is 7.79. The van der Waals surface area contributed by atoms with E-state index in [2.05, 4.69) is 20.8 Å². The van der Waals surface area contributed by atoms with E-state index < -0.39 is 10.8 Å². The van der Waals surface area contributed by atoms with Crippen LogP contribution in [0.1, 0.15) is 52.5 Å². The van der Waals surface area contributed by atoms with Gasteiger partial charge in [0.25, 0.3) is 5.69 Å². The molecular formula is C20H29NO4. The van der Waals surface area contributed by atoms with Gasteiger partial charge in [-0.2, -0.15) is 0 Å². The molecule has 0 saturated heterocycles. The normalized spacial score (nSPS) is 24.8. The lowest BCUT2D eigenvalue weighted by Crippen LogP contribution is -2.37. The van der Waals surface area contributed by atoms with Gasteiger partial charge in [-0.1, -0.05) is 52.3 Å². The van der Waals surface area contributed by atoms with E-state index in [0.29, 0.717) is 29.7 Å². The summed E-state index contributed by atoms with van der Waals surface area (Å²) in [5.41, 5.74) is 0.642. The lowest BCUT2D eigenvalue weighted by molar-refractivity contribution is -0.385. The minimum Gasteiger partial charge on any atom is -0.462 e. The monoisotopic (exact) mass is 347 g/mol. The molecule has 0 heterocycles. The number of nitrogens with zero attached hydrogens (tertiary/aromatic N) is 1. The van der Waals surface area contributed by atoms with E-state index >= 15 is 0 Å². The van der Waals surface area contributed by atoms with Crippen LogP contribution in [0.25, 0.3) is 0 Å². The molecule has 1 aromatic carbocycles. The Kier molecular flexibility index (Phi) is 6.57. The molecule has 0 aliphatic heterocycles. The van der Waals surface area contributed by atoms with Crippen molar-refractivity contribution in [2.45, 2.75) is 59.5 Å². The van der Waals surface area contributed by atoms with E-state index in [9.17, 15) is 14.9 Å².